The van der Waals surface area contributed by atoms with Gasteiger partial charge in [-0.05, 0) is 43.0 Å². The maximum absolute atomic E-state index is 12.7. The molecule has 0 bridgehead atoms. The monoisotopic (exact) mass is 207 g/mol. The Balaban J connectivity index is 1.98. The Morgan fingerprint density at radius 1 is 1.13 bits per heavy atom. The van der Waals surface area contributed by atoms with Gasteiger partial charge in [-0.2, -0.15) is 0 Å². The summed E-state index contributed by atoms with van der Waals surface area (Å²) < 4.78 is 12.7. The molecule has 1 fully saturated rings. The lowest BCUT2D eigenvalue weighted by Gasteiger charge is -2.30. The number of hydrogen-bond acceptors (Lipinski definition) is 1. The SMILES string of the molecule is CC1CCCCC1Nc1ccc(F)cc1. The van der Waals surface area contributed by atoms with Crippen LogP contribution in [0.1, 0.15) is 32.6 Å². The van der Waals surface area contributed by atoms with Crippen molar-refractivity contribution in [3.8, 4) is 0 Å². The van der Waals surface area contributed by atoms with E-state index in [-0.39, 0.29) is 5.82 Å². The minimum absolute atomic E-state index is 0.169. The van der Waals surface area contributed by atoms with E-state index in [0.717, 1.165) is 11.6 Å². The minimum atomic E-state index is -0.169. The van der Waals surface area contributed by atoms with Crippen molar-refractivity contribution in [2.45, 2.75) is 38.6 Å². The van der Waals surface area contributed by atoms with Crippen LogP contribution in [-0.2, 0) is 0 Å². The largest absolute Gasteiger partial charge is 0.382 e. The van der Waals surface area contributed by atoms with E-state index in [4.69, 9.17) is 0 Å². The fraction of sp³-hybridized carbons (Fsp3) is 0.538. The zero-order chi connectivity index (χ0) is 10.7. The average molecular weight is 207 g/mol. The molecule has 0 spiro atoms. The normalized spacial score (nSPS) is 26.3. The van der Waals surface area contributed by atoms with Crippen LogP contribution in [0.3, 0.4) is 0 Å². The molecular weight excluding hydrogens is 189 g/mol. The lowest BCUT2D eigenvalue weighted by atomic mass is 9.86. The van der Waals surface area contributed by atoms with E-state index in [1.165, 1.54) is 37.8 Å². The van der Waals surface area contributed by atoms with Crippen LogP contribution in [0.4, 0.5) is 10.1 Å². The maximum atomic E-state index is 12.7. The Morgan fingerprint density at radius 2 is 1.80 bits per heavy atom. The van der Waals surface area contributed by atoms with Gasteiger partial charge in [-0.1, -0.05) is 19.8 Å². The summed E-state index contributed by atoms with van der Waals surface area (Å²) in [6.07, 6.45) is 5.20. The molecule has 0 saturated heterocycles. The molecule has 1 saturated carbocycles. The fourth-order valence-electron chi connectivity index (χ4n) is 2.29. The van der Waals surface area contributed by atoms with Crippen LogP contribution >= 0.6 is 0 Å². The topological polar surface area (TPSA) is 12.0 Å². The summed E-state index contributed by atoms with van der Waals surface area (Å²) in [5, 5.41) is 3.49. The van der Waals surface area contributed by atoms with Crippen molar-refractivity contribution in [2.75, 3.05) is 5.32 Å². The van der Waals surface area contributed by atoms with Gasteiger partial charge in [-0.15, -0.1) is 0 Å². The second kappa shape index (κ2) is 4.65. The molecular formula is C13H18FN. The third kappa shape index (κ3) is 2.71. The quantitative estimate of drug-likeness (QED) is 0.777. The molecule has 2 heteroatoms. The van der Waals surface area contributed by atoms with Crippen molar-refractivity contribution in [1.29, 1.82) is 0 Å². The summed E-state index contributed by atoms with van der Waals surface area (Å²) >= 11 is 0. The smallest absolute Gasteiger partial charge is 0.123 e. The molecule has 0 aromatic heterocycles. The Kier molecular flexibility index (Phi) is 3.24. The zero-order valence-corrected chi connectivity index (χ0v) is 9.17. The third-order valence-electron chi connectivity index (χ3n) is 3.31. The Labute approximate surface area is 90.7 Å². The van der Waals surface area contributed by atoms with E-state index >= 15 is 0 Å². The third-order valence-corrected chi connectivity index (χ3v) is 3.31. The summed E-state index contributed by atoms with van der Waals surface area (Å²) in [6, 6.07) is 7.21. The number of nitrogens with one attached hydrogen (secondary N) is 1. The molecule has 0 heterocycles. The maximum Gasteiger partial charge on any atom is 0.123 e. The molecule has 1 aliphatic rings. The molecule has 1 N–H and O–H groups in total. The summed E-state index contributed by atoms with van der Waals surface area (Å²) in [5.74, 6) is 0.557. The van der Waals surface area contributed by atoms with Gasteiger partial charge in [0.15, 0.2) is 0 Å². The van der Waals surface area contributed by atoms with Gasteiger partial charge in [-0.3, -0.25) is 0 Å². The van der Waals surface area contributed by atoms with Gasteiger partial charge in [0.05, 0.1) is 0 Å². The second-order valence-electron chi connectivity index (χ2n) is 4.52. The van der Waals surface area contributed by atoms with Crippen LogP contribution in [0, 0.1) is 11.7 Å². The summed E-state index contributed by atoms with van der Waals surface area (Å²) in [6.45, 7) is 2.29. The van der Waals surface area contributed by atoms with Crippen molar-refractivity contribution in [3.63, 3.8) is 0 Å². The van der Waals surface area contributed by atoms with Gasteiger partial charge in [0, 0.05) is 11.7 Å². The summed E-state index contributed by atoms with van der Waals surface area (Å²) in [5.41, 5.74) is 1.04. The molecule has 1 aliphatic carbocycles. The van der Waals surface area contributed by atoms with E-state index in [2.05, 4.69) is 12.2 Å². The average Bonchev–Trinajstić information content (AvgIpc) is 2.25. The van der Waals surface area contributed by atoms with Gasteiger partial charge in [0.1, 0.15) is 5.82 Å². The first-order valence-electron chi connectivity index (χ1n) is 5.78. The van der Waals surface area contributed by atoms with E-state index in [9.17, 15) is 4.39 Å². The Morgan fingerprint density at radius 3 is 2.47 bits per heavy atom. The Hall–Kier alpha value is -1.05. The van der Waals surface area contributed by atoms with Gasteiger partial charge in [-0.25, -0.2) is 4.39 Å². The highest BCUT2D eigenvalue weighted by Crippen LogP contribution is 2.26. The number of anilines is 1. The highest BCUT2D eigenvalue weighted by atomic mass is 19.1. The number of hydrogen-bond donors (Lipinski definition) is 1. The lowest BCUT2D eigenvalue weighted by Crippen LogP contribution is -2.30. The Bertz CT molecular complexity index is 307. The van der Waals surface area contributed by atoms with Crippen molar-refractivity contribution < 1.29 is 4.39 Å². The summed E-state index contributed by atoms with van der Waals surface area (Å²) in [4.78, 5) is 0. The molecule has 2 rings (SSSR count). The number of rotatable bonds is 2. The van der Waals surface area contributed by atoms with Crippen molar-refractivity contribution >= 4 is 5.69 Å². The lowest BCUT2D eigenvalue weighted by molar-refractivity contribution is 0.349. The predicted molar refractivity (Wildman–Crippen MR) is 61.4 cm³/mol. The highest BCUT2D eigenvalue weighted by Gasteiger charge is 2.20. The first kappa shape index (κ1) is 10.5. The second-order valence-corrected chi connectivity index (χ2v) is 4.52. The van der Waals surface area contributed by atoms with Crippen molar-refractivity contribution in [2.24, 2.45) is 5.92 Å². The molecule has 0 radical (unpaired) electrons. The van der Waals surface area contributed by atoms with Crippen LogP contribution in [0.5, 0.6) is 0 Å². The highest BCUT2D eigenvalue weighted by molar-refractivity contribution is 5.43. The first-order valence-corrected chi connectivity index (χ1v) is 5.78. The predicted octanol–water partition coefficient (Wildman–Crippen LogP) is 3.82. The van der Waals surface area contributed by atoms with Crippen LogP contribution < -0.4 is 5.32 Å². The molecule has 0 amide bonds. The van der Waals surface area contributed by atoms with Gasteiger partial charge in [0.25, 0.3) is 0 Å². The van der Waals surface area contributed by atoms with Crippen LogP contribution in [0.15, 0.2) is 24.3 Å². The molecule has 82 valence electrons. The molecule has 2 unspecified atom stereocenters. The number of halogens is 1. The minimum Gasteiger partial charge on any atom is -0.382 e. The van der Waals surface area contributed by atoms with Crippen LogP contribution in [0.2, 0.25) is 0 Å². The summed E-state index contributed by atoms with van der Waals surface area (Å²) in [7, 11) is 0. The first-order chi connectivity index (χ1) is 7.25. The number of benzene rings is 1. The van der Waals surface area contributed by atoms with Gasteiger partial charge < -0.3 is 5.32 Å². The van der Waals surface area contributed by atoms with E-state index in [1.54, 1.807) is 0 Å². The van der Waals surface area contributed by atoms with Gasteiger partial charge >= 0.3 is 0 Å². The van der Waals surface area contributed by atoms with Crippen molar-refractivity contribution in [1.82, 2.24) is 0 Å². The molecule has 1 nitrogen and oxygen atoms in total. The molecule has 0 aliphatic heterocycles. The van der Waals surface area contributed by atoms with E-state index < -0.39 is 0 Å². The van der Waals surface area contributed by atoms with E-state index in [1.807, 2.05) is 12.1 Å². The molecule has 15 heavy (non-hydrogen) atoms. The molecule has 2 atom stereocenters. The van der Waals surface area contributed by atoms with Gasteiger partial charge in [0.2, 0.25) is 0 Å². The standard InChI is InChI=1S/C13H18FN/c1-10-4-2-3-5-13(10)15-12-8-6-11(14)7-9-12/h6-10,13,15H,2-5H2,1H3. The fourth-order valence-corrected chi connectivity index (χ4v) is 2.29. The van der Waals surface area contributed by atoms with Crippen LogP contribution in [-0.4, -0.2) is 6.04 Å². The molecule has 1 aromatic carbocycles. The molecule has 1 aromatic rings. The zero-order valence-electron chi connectivity index (χ0n) is 9.17. The van der Waals surface area contributed by atoms with Crippen molar-refractivity contribution in [3.05, 3.63) is 30.1 Å². The van der Waals surface area contributed by atoms with E-state index in [0.29, 0.717) is 6.04 Å². The van der Waals surface area contributed by atoms with Crippen LogP contribution in [0.25, 0.3) is 0 Å².